The molecular weight excluding hydrogens is 236 g/mol. The van der Waals surface area contributed by atoms with Crippen LogP contribution in [0.4, 0.5) is 0 Å². The van der Waals surface area contributed by atoms with Gasteiger partial charge in [0.15, 0.2) is 0 Å². The third kappa shape index (κ3) is 8.84. The van der Waals surface area contributed by atoms with Gasteiger partial charge in [-0.3, -0.25) is 18.9 Å². The van der Waals surface area contributed by atoms with E-state index in [9.17, 15) is 0 Å². The Balaban J connectivity index is 4.08. The molecule has 98 valence electrons. The first kappa shape index (κ1) is 15.6. The minimum atomic E-state index is -2.41. The van der Waals surface area contributed by atoms with Gasteiger partial charge in [0.25, 0.3) is 32.4 Å². The van der Waals surface area contributed by atoms with Crippen molar-refractivity contribution in [1.82, 2.24) is 0 Å². The van der Waals surface area contributed by atoms with Crippen LogP contribution in [0.3, 0.4) is 0 Å². The fourth-order valence-electron chi connectivity index (χ4n) is 0.526. The molecule has 11 nitrogen and oxygen atoms in total. The second kappa shape index (κ2) is 7.77. The number of aliphatic hydroxyl groups excluding tert-OH is 4. The summed E-state index contributed by atoms with van der Waals surface area (Å²) in [5.41, 5.74) is 0. The summed E-state index contributed by atoms with van der Waals surface area (Å²) < 4.78 is 15.8. The minimum Gasteiger partial charge on any atom is -0.346 e. The van der Waals surface area contributed by atoms with Crippen molar-refractivity contribution in [2.75, 3.05) is 0 Å². The maximum Gasteiger partial charge on any atom is 0.283 e. The van der Waals surface area contributed by atoms with Crippen LogP contribution in [-0.2, 0) is 18.9 Å². The first-order chi connectivity index (χ1) is 7.31. The smallest absolute Gasteiger partial charge is 0.283 e. The van der Waals surface area contributed by atoms with E-state index in [0.29, 0.717) is 0 Å². The highest BCUT2D eigenvalue weighted by molar-refractivity contribution is 4.25. The van der Waals surface area contributed by atoms with E-state index in [1.807, 2.05) is 0 Å². The van der Waals surface area contributed by atoms with Crippen molar-refractivity contribution in [3.8, 4) is 0 Å². The summed E-state index contributed by atoms with van der Waals surface area (Å²) in [7, 11) is 0. The van der Waals surface area contributed by atoms with Crippen molar-refractivity contribution in [2.24, 2.45) is 0 Å². The summed E-state index contributed by atoms with van der Waals surface area (Å²) in [6.45, 7) is -11.6. The van der Waals surface area contributed by atoms with Crippen molar-refractivity contribution >= 4 is 0 Å². The van der Waals surface area contributed by atoms with Gasteiger partial charge in [0.05, 0.1) is 0 Å². The van der Waals surface area contributed by atoms with Crippen LogP contribution in [0, 0.1) is 0 Å². The highest BCUT2D eigenvalue weighted by Crippen LogP contribution is 2.06. The van der Waals surface area contributed by atoms with Crippen LogP contribution in [0.5, 0.6) is 0 Å². The van der Waals surface area contributed by atoms with Crippen LogP contribution in [-0.4, -0.2) is 68.1 Å². The molecule has 0 aromatic carbocycles. The fourth-order valence-corrected chi connectivity index (χ4v) is 0.526. The predicted octanol–water partition coefficient (Wildman–Crippen LogP) is -4.58. The lowest BCUT2D eigenvalue weighted by Crippen LogP contribution is -2.36. The van der Waals surface area contributed by atoms with Crippen molar-refractivity contribution in [2.45, 2.75) is 32.4 Å². The molecule has 0 saturated carbocycles. The van der Waals surface area contributed by atoms with Gasteiger partial charge in [-0.1, -0.05) is 0 Å². The summed E-state index contributed by atoms with van der Waals surface area (Å²) in [5, 5.41) is 58.5. The zero-order valence-electron chi connectivity index (χ0n) is 7.65. The van der Waals surface area contributed by atoms with Gasteiger partial charge in [0, 0.05) is 0 Å². The SMILES string of the molecule is OC(O)OC(O)OC(OC(O)O)OC(O)O. The predicted molar refractivity (Wildman–Crippen MR) is 38.8 cm³/mol. The van der Waals surface area contributed by atoms with E-state index < -0.39 is 32.4 Å². The standard InChI is InChI=1S/C5H12O11/c6-1(7)13-4(12)16-5(14-2(8)9)15-3(10)11/h1-12H. The Morgan fingerprint density at radius 3 is 1.19 bits per heavy atom. The van der Waals surface area contributed by atoms with Gasteiger partial charge in [-0.15, -0.1) is 0 Å². The lowest BCUT2D eigenvalue weighted by atomic mass is 11.0. The average Bonchev–Trinajstić information content (AvgIpc) is 1.97. The van der Waals surface area contributed by atoms with E-state index in [1.54, 1.807) is 0 Å². The molecule has 0 aliphatic carbocycles. The van der Waals surface area contributed by atoms with Gasteiger partial charge in [-0.25, -0.2) is 0 Å². The van der Waals surface area contributed by atoms with Gasteiger partial charge >= 0.3 is 0 Å². The van der Waals surface area contributed by atoms with E-state index in [4.69, 9.17) is 35.7 Å². The normalized spacial score (nSPS) is 14.4. The summed E-state index contributed by atoms with van der Waals surface area (Å²) in [6, 6.07) is 0. The van der Waals surface area contributed by atoms with Crippen LogP contribution >= 0.6 is 0 Å². The Bertz CT molecular complexity index is 160. The maximum absolute atomic E-state index is 8.76. The molecule has 1 unspecified atom stereocenters. The summed E-state index contributed by atoms with van der Waals surface area (Å²) in [4.78, 5) is 0. The number of hydrogen-bond donors (Lipinski definition) is 7. The van der Waals surface area contributed by atoms with E-state index in [-0.39, 0.29) is 0 Å². The molecular formula is C5H12O11. The average molecular weight is 248 g/mol. The van der Waals surface area contributed by atoms with Crippen molar-refractivity contribution in [1.29, 1.82) is 0 Å². The van der Waals surface area contributed by atoms with Crippen LogP contribution in [0.25, 0.3) is 0 Å². The van der Waals surface area contributed by atoms with Crippen molar-refractivity contribution in [3.63, 3.8) is 0 Å². The molecule has 0 bridgehead atoms. The van der Waals surface area contributed by atoms with E-state index in [2.05, 4.69) is 18.9 Å². The van der Waals surface area contributed by atoms with E-state index >= 15 is 0 Å². The molecule has 0 saturated heterocycles. The van der Waals surface area contributed by atoms with Gasteiger partial charge in [0.2, 0.25) is 0 Å². The molecule has 0 fully saturated rings. The zero-order valence-corrected chi connectivity index (χ0v) is 7.65. The highest BCUT2D eigenvalue weighted by Gasteiger charge is 2.22. The van der Waals surface area contributed by atoms with E-state index in [1.165, 1.54) is 0 Å². The highest BCUT2D eigenvalue weighted by atomic mass is 17.0. The topological polar surface area (TPSA) is 179 Å². The number of aliphatic hydroxyl groups is 7. The van der Waals surface area contributed by atoms with Crippen molar-refractivity contribution < 1.29 is 54.7 Å². The summed E-state index contributed by atoms with van der Waals surface area (Å²) >= 11 is 0. The molecule has 0 radical (unpaired) electrons. The first-order valence-corrected chi connectivity index (χ1v) is 3.69. The van der Waals surface area contributed by atoms with Crippen LogP contribution in [0.2, 0.25) is 0 Å². The Hall–Kier alpha value is -0.440. The third-order valence-electron chi connectivity index (χ3n) is 0.931. The second-order valence-electron chi connectivity index (χ2n) is 2.12. The lowest BCUT2D eigenvalue weighted by Gasteiger charge is -2.22. The molecule has 0 aromatic rings. The number of rotatable bonds is 8. The molecule has 0 amide bonds. The quantitative estimate of drug-likeness (QED) is 0.205. The Kier molecular flexibility index (Phi) is 7.56. The van der Waals surface area contributed by atoms with Gasteiger partial charge in [-0.2, -0.15) is 0 Å². The Labute approximate surface area is 88.2 Å². The third-order valence-corrected chi connectivity index (χ3v) is 0.931. The molecule has 0 rings (SSSR count). The van der Waals surface area contributed by atoms with Gasteiger partial charge in [0.1, 0.15) is 0 Å². The van der Waals surface area contributed by atoms with Crippen molar-refractivity contribution in [3.05, 3.63) is 0 Å². The molecule has 0 heterocycles. The molecule has 11 heteroatoms. The number of hydrogen-bond acceptors (Lipinski definition) is 11. The van der Waals surface area contributed by atoms with Crippen LogP contribution < -0.4 is 0 Å². The molecule has 0 spiro atoms. The molecule has 0 aliphatic rings. The molecule has 7 N–H and O–H groups in total. The molecule has 1 atom stereocenters. The maximum atomic E-state index is 8.76. The van der Waals surface area contributed by atoms with Gasteiger partial charge in [-0.05, 0) is 0 Å². The monoisotopic (exact) mass is 248 g/mol. The zero-order chi connectivity index (χ0) is 12.7. The van der Waals surface area contributed by atoms with Gasteiger partial charge < -0.3 is 35.7 Å². The Morgan fingerprint density at radius 2 is 0.875 bits per heavy atom. The van der Waals surface area contributed by atoms with Crippen LogP contribution in [0.1, 0.15) is 0 Å². The molecule has 0 aliphatic heterocycles. The summed E-state index contributed by atoms with van der Waals surface area (Å²) in [6.07, 6.45) is 0. The molecule has 0 aromatic heterocycles. The summed E-state index contributed by atoms with van der Waals surface area (Å²) in [5.74, 6) is 0. The molecule has 16 heavy (non-hydrogen) atoms. The number of ether oxygens (including phenoxy) is 4. The first-order valence-electron chi connectivity index (χ1n) is 3.69. The second-order valence-corrected chi connectivity index (χ2v) is 2.12. The fraction of sp³-hybridized carbons (Fsp3) is 1.00. The lowest BCUT2D eigenvalue weighted by molar-refractivity contribution is -0.480. The van der Waals surface area contributed by atoms with E-state index in [0.717, 1.165) is 0 Å². The largest absolute Gasteiger partial charge is 0.346 e. The minimum absolute atomic E-state index is 2.14. The van der Waals surface area contributed by atoms with Crippen LogP contribution in [0.15, 0.2) is 0 Å². The Morgan fingerprint density at radius 1 is 0.500 bits per heavy atom.